The van der Waals surface area contributed by atoms with Crippen molar-refractivity contribution in [2.45, 2.75) is 26.8 Å². The molecule has 5 nitrogen and oxygen atoms in total. The van der Waals surface area contributed by atoms with E-state index in [1.165, 1.54) is 7.11 Å². The van der Waals surface area contributed by atoms with Gasteiger partial charge in [-0.1, -0.05) is 13.8 Å². The first-order chi connectivity index (χ1) is 8.54. The third-order valence-electron chi connectivity index (χ3n) is 2.63. The van der Waals surface area contributed by atoms with Crippen LogP contribution in [-0.4, -0.2) is 30.9 Å². The molecule has 18 heavy (non-hydrogen) atoms. The van der Waals surface area contributed by atoms with Gasteiger partial charge in [0.1, 0.15) is 5.69 Å². The van der Waals surface area contributed by atoms with Crippen molar-refractivity contribution in [3.8, 4) is 0 Å². The minimum atomic E-state index is -0.381. The van der Waals surface area contributed by atoms with Gasteiger partial charge in [-0.15, -0.1) is 0 Å². The predicted molar refractivity (Wildman–Crippen MR) is 70.5 cm³/mol. The largest absolute Gasteiger partial charge is 0.464 e. The van der Waals surface area contributed by atoms with Gasteiger partial charge in [-0.2, -0.15) is 0 Å². The molecule has 1 heterocycles. The molecule has 2 N–H and O–H groups in total. The Morgan fingerprint density at radius 3 is 2.78 bits per heavy atom. The zero-order valence-electron chi connectivity index (χ0n) is 11.3. The van der Waals surface area contributed by atoms with E-state index in [9.17, 15) is 4.79 Å². The van der Waals surface area contributed by atoms with Gasteiger partial charge >= 0.3 is 5.97 Å². The highest BCUT2D eigenvalue weighted by atomic mass is 16.5. The number of ether oxygens (including phenoxy) is 2. The first kappa shape index (κ1) is 14.6. The number of rotatable bonds is 7. The second-order valence-corrected chi connectivity index (χ2v) is 4.64. The van der Waals surface area contributed by atoms with Gasteiger partial charge in [0.25, 0.3) is 0 Å². The normalized spacial score (nSPS) is 10.9. The molecular weight excluding hydrogens is 232 g/mol. The van der Waals surface area contributed by atoms with Gasteiger partial charge in [0.05, 0.1) is 19.4 Å². The molecule has 0 aliphatic rings. The van der Waals surface area contributed by atoms with E-state index in [0.717, 1.165) is 13.0 Å². The number of carbonyl (C=O) groups excluding carboxylic acids is 1. The van der Waals surface area contributed by atoms with Crippen molar-refractivity contribution in [3.05, 3.63) is 18.0 Å². The van der Waals surface area contributed by atoms with Gasteiger partial charge in [0, 0.05) is 19.3 Å². The second kappa shape index (κ2) is 7.06. The van der Waals surface area contributed by atoms with Crippen LogP contribution in [0.2, 0.25) is 0 Å². The number of hydrogen-bond acceptors (Lipinski definition) is 4. The maximum absolute atomic E-state index is 11.5. The van der Waals surface area contributed by atoms with Crippen LogP contribution in [0.3, 0.4) is 0 Å². The Morgan fingerprint density at radius 1 is 1.44 bits per heavy atom. The van der Waals surface area contributed by atoms with Crippen molar-refractivity contribution in [1.29, 1.82) is 0 Å². The van der Waals surface area contributed by atoms with E-state index in [0.29, 0.717) is 30.5 Å². The van der Waals surface area contributed by atoms with Crippen LogP contribution in [0, 0.1) is 5.92 Å². The topological polar surface area (TPSA) is 66.5 Å². The summed E-state index contributed by atoms with van der Waals surface area (Å²) in [5, 5.41) is 0. The average molecular weight is 254 g/mol. The van der Waals surface area contributed by atoms with Crippen molar-refractivity contribution >= 4 is 11.7 Å². The van der Waals surface area contributed by atoms with Crippen molar-refractivity contribution in [2.24, 2.45) is 5.92 Å². The van der Waals surface area contributed by atoms with Crippen molar-refractivity contribution < 1.29 is 14.3 Å². The molecule has 0 aliphatic carbocycles. The highest BCUT2D eigenvalue weighted by molar-refractivity contribution is 5.88. The van der Waals surface area contributed by atoms with E-state index < -0.39 is 0 Å². The Kier molecular flexibility index (Phi) is 5.71. The molecule has 0 fully saturated rings. The summed E-state index contributed by atoms with van der Waals surface area (Å²) in [6, 6.07) is 1.61. The summed E-state index contributed by atoms with van der Waals surface area (Å²) in [5.74, 6) is 0.256. The molecule has 102 valence electrons. The number of esters is 1. The Labute approximate surface area is 108 Å². The second-order valence-electron chi connectivity index (χ2n) is 4.64. The minimum absolute atomic E-state index is 0.381. The number of methoxy groups -OCH3 is 1. The number of nitrogens with zero attached hydrogens (tertiary/aromatic N) is 1. The van der Waals surface area contributed by atoms with Gasteiger partial charge in [-0.3, -0.25) is 0 Å². The highest BCUT2D eigenvalue weighted by Crippen LogP contribution is 2.11. The fourth-order valence-electron chi connectivity index (χ4n) is 1.58. The summed E-state index contributed by atoms with van der Waals surface area (Å²) >= 11 is 0. The van der Waals surface area contributed by atoms with E-state index in [2.05, 4.69) is 13.8 Å². The summed E-state index contributed by atoms with van der Waals surface area (Å²) in [4.78, 5) is 11.5. The molecule has 1 aromatic rings. The molecule has 0 unspecified atom stereocenters. The summed E-state index contributed by atoms with van der Waals surface area (Å²) in [6.45, 7) is 6.21. The van der Waals surface area contributed by atoms with Crippen LogP contribution >= 0.6 is 0 Å². The molecule has 0 aliphatic heterocycles. The maximum Gasteiger partial charge on any atom is 0.354 e. The molecular formula is C13H22N2O3. The van der Waals surface area contributed by atoms with E-state index in [1.54, 1.807) is 16.8 Å². The van der Waals surface area contributed by atoms with Crippen molar-refractivity contribution in [3.63, 3.8) is 0 Å². The van der Waals surface area contributed by atoms with Crippen LogP contribution in [0.4, 0.5) is 5.69 Å². The summed E-state index contributed by atoms with van der Waals surface area (Å²) < 4.78 is 12.0. The molecule has 1 aromatic heterocycles. The predicted octanol–water partition coefficient (Wildman–Crippen LogP) is 1.92. The average Bonchev–Trinajstić information content (AvgIpc) is 2.68. The van der Waals surface area contributed by atoms with Gasteiger partial charge in [-0.25, -0.2) is 4.79 Å². The van der Waals surface area contributed by atoms with Crippen LogP contribution in [0.15, 0.2) is 12.3 Å². The van der Waals surface area contributed by atoms with E-state index in [1.807, 2.05) is 0 Å². The molecule has 5 heteroatoms. The molecule has 0 atom stereocenters. The van der Waals surface area contributed by atoms with E-state index in [-0.39, 0.29) is 5.97 Å². The Morgan fingerprint density at radius 2 is 2.17 bits per heavy atom. The van der Waals surface area contributed by atoms with Crippen LogP contribution in [0.5, 0.6) is 0 Å². The quantitative estimate of drug-likeness (QED) is 0.596. The molecule has 0 bridgehead atoms. The Bertz CT molecular complexity index is 386. The lowest BCUT2D eigenvalue weighted by Crippen LogP contribution is -2.13. The smallest absolute Gasteiger partial charge is 0.354 e. The Hall–Kier alpha value is -1.49. The van der Waals surface area contributed by atoms with Gasteiger partial charge in [-0.05, 0) is 18.4 Å². The summed E-state index contributed by atoms with van der Waals surface area (Å²) in [6.07, 6.45) is 2.76. The molecule has 1 rings (SSSR count). The number of aromatic nitrogens is 1. The minimum Gasteiger partial charge on any atom is -0.464 e. The molecule has 0 amide bonds. The van der Waals surface area contributed by atoms with Crippen LogP contribution in [0.25, 0.3) is 0 Å². The zero-order valence-corrected chi connectivity index (χ0v) is 11.3. The number of carbonyl (C=O) groups is 1. The number of hydrogen-bond donors (Lipinski definition) is 1. The molecule has 0 aromatic carbocycles. The first-order valence-corrected chi connectivity index (χ1v) is 6.16. The van der Waals surface area contributed by atoms with Gasteiger partial charge in [0.15, 0.2) is 0 Å². The molecule has 0 saturated heterocycles. The fourth-order valence-corrected chi connectivity index (χ4v) is 1.58. The number of nitrogens with two attached hydrogens (primary N) is 1. The van der Waals surface area contributed by atoms with Crippen LogP contribution < -0.4 is 5.73 Å². The number of anilines is 1. The number of nitrogen functional groups attached to an aromatic ring is 1. The van der Waals surface area contributed by atoms with Crippen LogP contribution in [0.1, 0.15) is 30.8 Å². The lowest BCUT2D eigenvalue weighted by molar-refractivity contribution is 0.0583. The fraction of sp³-hybridized carbons (Fsp3) is 0.615. The summed E-state index contributed by atoms with van der Waals surface area (Å²) in [7, 11) is 1.36. The zero-order chi connectivity index (χ0) is 13.5. The third-order valence-corrected chi connectivity index (χ3v) is 2.63. The highest BCUT2D eigenvalue weighted by Gasteiger charge is 2.12. The monoisotopic (exact) mass is 254 g/mol. The Balaban J connectivity index is 2.44. The van der Waals surface area contributed by atoms with Crippen LogP contribution in [-0.2, 0) is 16.0 Å². The third kappa shape index (κ3) is 4.41. The standard InChI is InChI=1S/C13H22N2O3/c1-10(2)4-6-18-7-5-15-9-11(14)8-12(15)13(16)17-3/h8-10H,4-7,14H2,1-3H3. The molecule has 0 spiro atoms. The van der Waals surface area contributed by atoms with Crippen molar-refractivity contribution in [2.75, 3.05) is 26.1 Å². The molecule has 0 saturated carbocycles. The molecule has 0 radical (unpaired) electrons. The van der Waals surface area contributed by atoms with E-state index >= 15 is 0 Å². The van der Waals surface area contributed by atoms with Gasteiger partial charge in [0.2, 0.25) is 0 Å². The van der Waals surface area contributed by atoms with Gasteiger partial charge < -0.3 is 19.8 Å². The van der Waals surface area contributed by atoms with Crippen molar-refractivity contribution in [1.82, 2.24) is 4.57 Å². The lowest BCUT2D eigenvalue weighted by Gasteiger charge is -2.09. The summed E-state index contributed by atoms with van der Waals surface area (Å²) in [5.41, 5.74) is 6.69. The lowest BCUT2D eigenvalue weighted by atomic mass is 10.1. The first-order valence-electron chi connectivity index (χ1n) is 6.16. The van der Waals surface area contributed by atoms with E-state index in [4.69, 9.17) is 15.2 Å². The maximum atomic E-state index is 11.5. The SMILES string of the molecule is COC(=O)c1cc(N)cn1CCOCCC(C)C.